The molecule has 0 aliphatic heterocycles. The Balaban J connectivity index is 0.000000216. The zero-order valence-electron chi connectivity index (χ0n) is 48.2. The van der Waals surface area contributed by atoms with Crippen molar-refractivity contribution >= 4 is 23.5 Å². The Morgan fingerprint density at radius 1 is 0.481 bits per heavy atom. The predicted octanol–water partition coefficient (Wildman–Crippen LogP) is 17.5. The Bertz CT molecular complexity index is 3280. The Morgan fingerprint density at radius 3 is 1.26 bits per heavy atom. The van der Waals surface area contributed by atoms with Crippen molar-refractivity contribution in [1.82, 2.24) is 0 Å². The number of rotatable bonds is 18. The van der Waals surface area contributed by atoms with Crippen molar-refractivity contribution < 1.29 is 47.2 Å². The van der Waals surface area contributed by atoms with Gasteiger partial charge in [0.05, 0.1) is 40.3 Å². The first-order valence-corrected chi connectivity index (χ1v) is 27.7. The van der Waals surface area contributed by atoms with Gasteiger partial charge in [0.25, 0.3) is 0 Å². The fraction of sp³-hybridized carbons (Fsp3) is 0.286. The minimum Gasteiger partial charge on any atom is -0.508 e. The van der Waals surface area contributed by atoms with Crippen LogP contribution in [0.2, 0.25) is 0 Å². The van der Waals surface area contributed by atoms with Crippen LogP contribution in [0.25, 0.3) is 22.3 Å². The van der Waals surface area contributed by atoms with E-state index in [4.69, 9.17) is 35.3 Å². The second-order valence-electron chi connectivity index (χ2n) is 21.5. The Morgan fingerprint density at radius 2 is 0.864 bits per heavy atom. The summed E-state index contributed by atoms with van der Waals surface area (Å²) in [5.74, 6) is 1.42. The third-order valence-electron chi connectivity index (χ3n) is 13.6. The molecule has 0 bridgehead atoms. The first kappa shape index (κ1) is 62.3. The van der Waals surface area contributed by atoms with Gasteiger partial charge in [0.1, 0.15) is 41.2 Å². The summed E-state index contributed by atoms with van der Waals surface area (Å²) >= 11 is 5.93. The molecule has 8 nitrogen and oxygen atoms in total. The van der Waals surface area contributed by atoms with E-state index < -0.39 is 0 Å². The van der Waals surface area contributed by atoms with E-state index in [9.17, 15) is 23.5 Å². The van der Waals surface area contributed by atoms with Gasteiger partial charge in [0.15, 0.2) is 0 Å². The van der Waals surface area contributed by atoms with Gasteiger partial charge < -0.3 is 28.8 Å². The van der Waals surface area contributed by atoms with Crippen LogP contribution in [0.3, 0.4) is 0 Å². The number of carbonyl (C=O) groups is 2. The molecular weight excluding hydrogens is 1040 g/mol. The number of methoxy groups -OCH3 is 2. The lowest BCUT2D eigenvalue weighted by atomic mass is 9.81. The third-order valence-corrected chi connectivity index (χ3v) is 13.9. The largest absolute Gasteiger partial charge is 0.508 e. The molecule has 81 heavy (non-hydrogen) atoms. The minimum atomic E-state index is -0.296. The number of hydrogen-bond donors (Lipinski definition) is 1. The second kappa shape index (κ2) is 29.5. The molecule has 0 radical (unpaired) electrons. The molecule has 0 unspecified atom stereocenters. The van der Waals surface area contributed by atoms with Crippen LogP contribution in [-0.2, 0) is 42.4 Å². The van der Waals surface area contributed by atoms with Crippen LogP contribution in [0, 0.1) is 11.6 Å². The topological polar surface area (TPSA) is 101 Å². The fourth-order valence-corrected chi connectivity index (χ4v) is 9.62. The van der Waals surface area contributed by atoms with Gasteiger partial charge in [-0.15, -0.1) is 11.6 Å². The van der Waals surface area contributed by atoms with Crippen LogP contribution < -0.4 is 14.2 Å². The van der Waals surface area contributed by atoms with Gasteiger partial charge in [-0.3, -0.25) is 9.59 Å². The number of benzene rings is 8. The van der Waals surface area contributed by atoms with Gasteiger partial charge in [0.2, 0.25) is 0 Å². The molecule has 0 aromatic heterocycles. The van der Waals surface area contributed by atoms with E-state index in [1.54, 1.807) is 57.5 Å². The summed E-state index contributed by atoms with van der Waals surface area (Å²) in [4.78, 5) is 24.1. The third kappa shape index (κ3) is 17.8. The first-order chi connectivity index (χ1) is 38.8. The van der Waals surface area contributed by atoms with E-state index in [0.29, 0.717) is 60.5 Å². The summed E-state index contributed by atoms with van der Waals surface area (Å²) < 4.78 is 56.3. The molecule has 11 heteroatoms. The standard InChI is InChI=1S/C35H37FO4.C18H20ClFO.C17H18O3/c1-6-39-34(37)22-29(25-10-8-7-9-11-25)26-13-15-27(16-14-26)40-23-24-12-18-32(35(2,3)4)30(20-24)31-21-28(38-5)17-19-33(31)36;1-18(2,3)16-7-5-12(11-19)9-14(16)15-10-13(21-4)6-8-17(15)20;1-2-20-17(19)12-16(13-6-4-3-5-7-13)14-8-10-15(18)11-9-14/h7-21,29H,6,22-23H2,1-5H3;5-10H,11H2,1-4H3;3-11,16,18H,2,12H2,1H3/t29-;;16-/m0.0/s1. The van der Waals surface area contributed by atoms with Crippen molar-refractivity contribution in [1.29, 1.82) is 0 Å². The number of esters is 2. The van der Waals surface area contributed by atoms with Gasteiger partial charge in [-0.05, 0) is 153 Å². The normalized spacial score (nSPS) is 11.9. The molecule has 0 heterocycles. The van der Waals surface area contributed by atoms with Gasteiger partial charge >= 0.3 is 11.9 Å². The number of hydrogen-bond acceptors (Lipinski definition) is 8. The molecule has 0 aliphatic rings. The number of phenols is 1. The van der Waals surface area contributed by atoms with Gasteiger partial charge in [-0.25, -0.2) is 8.78 Å². The van der Waals surface area contributed by atoms with Crippen molar-refractivity contribution in [2.45, 2.75) is 103 Å². The van der Waals surface area contributed by atoms with Crippen molar-refractivity contribution in [2.75, 3.05) is 27.4 Å². The number of alkyl halides is 1. The molecular formula is C70H75ClF2O8. The molecule has 1 N–H and O–H groups in total. The van der Waals surface area contributed by atoms with Crippen LogP contribution in [0.4, 0.5) is 8.78 Å². The molecule has 8 aromatic rings. The molecule has 0 saturated heterocycles. The van der Waals surface area contributed by atoms with Crippen molar-refractivity contribution in [3.05, 3.63) is 238 Å². The van der Waals surface area contributed by atoms with E-state index in [2.05, 4.69) is 47.6 Å². The number of phenolic OH excluding ortho intramolecular Hbond substituents is 1. The van der Waals surface area contributed by atoms with Crippen LogP contribution >= 0.6 is 11.6 Å². The summed E-state index contributed by atoms with van der Waals surface area (Å²) in [6.45, 7) is 17.4. The van der Waals surface area contributed by atoms with Crippen molar-refractivity contribution in [3.63, 3.8) is 0 Å². The molecule has 0 fully saturated rings. The van der Waals surface area contributed by atoms with Crippen LogP contribution in [0.1, 0.15) is 125 Å². The van der Waals surface area contributed by atoms with E-state index in [-0.39, 0.29) is 58.4 Å². The summed E-state index contributed by atoms with van der Waals surface area (Å²) in [5.41, 5.74) is 10.6. The minimum absolute atomic E-state index is 0.0594. The van der Waals surface area contributed by atoms with Crippen LogP contribution in [-0.4, -0.2) is 44.5 Å². The average molecular weight is 1120 g/mol. The average Bonchev–Trinajstić information content (AvgIpc) is 3.53. The highest BCUT2D eigenvalue weighted by Crippen LogP contribution is 2.39. The fourth-order valence-electron chi connectivity index (χ4n) is 9.45. The lowest BCUT2D eigenvalue weighted by molar-refractivity contribution is -0.144. The Hall–Kier alpha value is -7.95. The summed E-state index contributed by atoms with van der Waals surface area (Å²) in [6, 6.07) is 56.3. The van der Waals surface area contributed by atoms with Gasteiger partial charge in [0, 0.05) is 28.8 Å². The predicted molar refractivity (Wildman–Crippen MR) is 322 cm³/mol. The van der Waals surface area contributed by atoms with Gasteiger partial charge in [-0.2, -0.15) is 0 Å². The number of aromatic hydroxyl groups is 1. The van der Waals surface area contributed by atoms with Gasteiger partial charge in [-0.1, -0.05) is 151 Å². The Kier molecular flexibility index (Phi) is 22.7. The van der Waals surface area contributed by atoms with Crippen molar-refractivity contribution in [3.8, 4) is 45.3 Å². The quantitative estimate of drug-likeness (QED) is 0.0670. The summed E-state index contributed by atoms with van der Waals surface area (Å²) in [7, 11) is 3.16. The first-order valence-electron chi connectivity index (χ1n) is 27.2. The molecule has 0 spiro atoms. The van der Waals surface area contributed by atoms with E-state index in [0.717, 1.165) is 55.6 Å². The zero-order valence-corrected chi connectivity index (χ0v) is 48.9. The van der Waals surface area contributed by atoms with Crippen LogP contribution in [0.15, 0.2) is 182 Å². The monoisotopic (exact) mass is 1120 g/mol. The highest BCUT2D eigenvalue weighted by molar-refractivity contribution is 6.17. The number of halogens is 3. The maximum Gasteiger partial charge on any atom is 0.306 e. The second-order valence-corrected chi connectivity index (χ2v) is 21.7. The molecule has 0 aliphatic carbocycles. The van der Waals surface area contributed by atoms with E-state index >= 15 is 0 Å². The highest BCUT2D eigenvalue weighted by Gasteiger charge is 2.24. The van der Waals surface area contributed by atoms with Crippen molar-refractivity contribution in [2.24, 2.45) is 0 Å². The summed E-state index contributed by atoms with van der Waals surface area (Å²) in [6.07, 6.45) is 0.560. The molecule has 0 saturated carbocycles. The smallest absolute Gasteiger partial charge is 0.306 e. The van der Waals surface area contributed by atoms with E-state index in [1.165, 1.54) is 12.1 Å². The number of ether oxygens (including phenoxy) is 5. The molecule has 0 amide bonds. The van der Waals surface area contributed by atoms with Crippen LogP contribution in [0.5, 0.6) is 23.0 Å². The SMILES string of the molecule is CCOC(=O)C[C@@H](c1ccccc1)c1ccc(O)cc1.CCOC(=O)C[C@@H](c1ccccc1)c1ccc(OCc2ccc(C(C)(C)C)c(-c3cc(OC)ccc3F)c2)cc1.COc1ccc(F)c(-c2cc(CCl)ccc2C(C)(C)C)c1. The molecule has 8 rings (SSSR count). The molecule has 424 valence electrons. The Labute approximate surface area is 482 Å². The lowest BCUT2D eigenvalue weighted by Crippen LogP contribution is -2.13. The summed E-state index contributed by atoms with van der Waals surface area (Å²) in [5, 5.41) is 9.38. The molecule has 8 aromatic carbocycles. The zero-order chi connectivity index (χ0) is 58.7. The number of carbonyl (C=O) groups excluding carboxylic acids is 2. The highest BCUT2D eigenvalue weighted by atomic mass is 35.5. The maximum atomic E-state index is 15.0. The van der Waals surface area contributed by atoms with E-state index in [1.807, 2.05) is 134 Å². The lowest BCUT2D eigenvalue weighted by Gasteiger charge is -2.24. The molecule has 2 atom stereocenters. The maximum absolute atomic E-state index is 15.0.